The van der Waals surface area contributed by atoms with Gasteiger partial charge in [-0.2, -0.15) is 0 Å². The molecule has 0 saturated carbocycles. The van der Waals surface area contributed by atoms with Crippen LogP contribution < -0.4 is 10.6 Å². The highest BCUT2D eigenvalue weighted by molar-refractivity contribution is 7.78. The molecule has 3 aromatic rings. The second-order valence-electron chi connectivity index (χ2n) is 6.76. The maximum atomic E-state index is 14.9. The van der Waals surface area contributed by atoms with E-state index in [1.807, 2.05) is 78.9 Å². The molecule has 1 heterocycles. The lowest BCUT2D eigenvalue weighted by atomic mass is 10.2. The maximum Gasteiger partial charge on any atom is 0.163 e. The Hall–Kier alpha value is -2.19. The predicted octanol–water partition coefficient (Wildman–Crippen LogP) is 4.03. The highest BCUT2D eigenvalue weighted by Gasteiger charge is 2.41. The molecule has 1 saturated heterocycles. The monoisotopic (exact) mass is 377 g/mol. The van der Waals surface area contributed by atoms with Gasteiger partial charge in [0, 0.05) is 23.7 Å². The van der Waals surface area contributed by atoms with Crippen molar-refractivity contribution in [3.63, 3.8) is 0 Å². The van der Waals surface area contributed by atoms with Crippen molar-refractivity contribution in [1.82, 2.24) is 4.90 Å². The molecule has 4 heteroatoms. The third-order valence-electron chi connectivity index (χ3n) is 5.11. The van der Waals surface area contributed by atoms with E-state index in [9.17, 15) is 4.57 Å². The topological polar surface area (TPSA) is 29.5 Å². The van der Waals surface area contributed by atoms with Crippen molar-refractivity contribution in [3.8, 4) is 0 Å². The minimum atomic E-state index is -2.95. The van der Waals surface area contributed by atoms with Crippen molar-refractivity contribution in [3.05, 3.63) is 96.6 Å². The highest BCUT2D eigenvalue weighted by Crippen LogP contribution is 2.58. The summed E-state index contributed by atoms with van der Waals surface area (Å²) in [6.45, 7) is 2.91. The fourth-order valence-corrected chi connectivity index (χ4v) is 7.20. The van der Waals surface area contributed by atoms with E-state index in [1.54, 1.807) is 0 Å². The summed E-state index contributed by atoms with van der Waals surface area (Å²) in [7, 11) is -2.95. The molecule has 27 heavy (non-hydrogen) atoms. The summed E-state index contributed by atoms with van der Waals surface area (Å²) in [5.74, 6) is -0.201. The molecule has 0 aliphatic carbocycles. The van der Waals surface area contributed by atoms with Gasteiger partial charge >= 0.3 is 0 Å². The van der Waals surface area contributed by atoms with Crippen LogP contribution in [0.25, 0.3) is 0 Å². The van der Waals surface area contributed by atoms with E-state index in [0.717, 1.165) is 29.3 Å². The fourth-order valence-electron chi connectivity index (χ4n) is 3.83. The summed E-state index contributed by atoms with van der Waals surface area (Å²) in [4.78, 5) is 2.33. The molecule has 0 N–H and O–H groups in total. The van der Waals surface area contributed by atoms with E-state index in [4.69, 9.17) is 4.74 Å². The third-order valence-corrected chi connectivity index (χ3v) is 8.56. The Morgan fingerprint density at radius 3 is 1.63 bits per heavy atom. The van der Waals surface area contributed by atoms with Gasteiger partial charge in [0.05, 0.1) is 19.0 Å². The van der Waals surface area contributed by atoms with Crippen LogP contribution in [0, 0.1) is 0 Å². The molecule has 0 amide bonds. The molecule has 3 aromatic carbocycles. The number of hydrogen-bond acceptors (Lipinski definition) is 3. The molecule has 0 aromatic heterocycles. The summed E-state index contributed by atoms with van der Waals surface area (Å²) >= 11 is 0. The minimum Gasteiger partial charge on any atom is -0.379 e. The Balaban J connectivity index is 1.93. The van der Waals surface area contributed by atoms with E-state index in [1.165, 1.54) is 0 Å². The van der Waals surface area contributed by atoms with Crippen LogP contribution in [-0.4, -0.2) is 31.2 Å². The van der Waals surface area contributed by atoms with Gasteiger partial charge in [0.1, 0.15) is 0 Å². The Morgan fingerprint density at radius 1 is 0.704 bits per heavy atom. The Labute approximate surface area is 161 Å². The van der Waals surface area contributed by atoms with Gasteiger partial charge in [-0.1, -0.05) is 91.0 Å². The lowest BCUT2D eigenvalue weighted by molar-refractivity contribution is 0.0308. The molecule has 0 radical (unpaired) electrons. The number of benzene rings is 3. The molecular formula is C23H24NO2P. The number of morpholine rings is 1. The van der Waals surface area contributed by atoms with Crippen molar-refractivity contribution in [2.24, 2.45) is 0 Å². The van der Waals surface area contributed by atoms with Crippen LogP contribution >= 0.6 is 7.14 Å². The van der Waals surface area contributed by atoms with Crippen LogP contribution in [0.2, 0.25) is 0 Å². The second kappa shape index (κ2) is 8.22. The molecule has 4 rings (SSSR count). The van der Waals surface area contributed by atoms with Crippen LogP contribution in [0.15, 0.2) is 91.0 Å². The zero-order valence-corrected chi connectivity index (χ0v) is 16.2. The standard InChI is InChI=1S/C23H24NO2P/c25-27(21-12-6-2-7-13-21,22-14-8-3-9-15-22)23(20-10-4-1-5-11-20)24-16-18-26-19-17-24/h1-15,23H,16-19H2. The fraction of sp³-hybridized carbons (Fsp3) is 0.217. The molecule has 1 aliphatic heterocycles. The normalized spacial score (nSPS) is 16.7. The smallest absolute Gasteiger partial charge is 0.163 e. The summed E-state index contributed by atoms with van der Waals surface area (Å²) in [5.41, 5.74) is 1.09. The first-order chi connectivity index (χ1) is 13.3. The first kappa shape index (κ1) is 18.2. The summed E-state index contributed by atoms with van der Waals surface area (Å²) in [6, 6.07) is 30.1. The van der Waals surface area contributed by atoms with Crippen molar-refractivity contribution < 1.29 is 9.30 Å². The van der Waals surface area contributed by atoms with Gasteiger partial charge in [0.2, 0.25) is 0 Å². The quantitative estimate of drug-likeness (QED) is 0.629. The van der Waals surface area contributed by atoms with Gasteiger partial charge in [-0.25, -0.2) is 0 Å². The first-order valence-electron chi connectivity index (χ1n) is 9.38. The van der Waals surface area contributed by atoms with E-state index >= 15 is 0 Å². The van der Waals surface area contributed by atoms with E-state index in [-0.39, 0.29) is 5.78 Å². The van der Waals surface area contributed by atoms with Crippen molar-refractivity contribution >= 4 is 17.8 Å². The maximum absolute atomic E-state index is 14.9. The summed E-state index contributed by atoms with van der Waals surface area (Å²) in [6.07, 6.45) is 0. The van der Waals surface area contributed by atoms with Gasteiger partial charge in [-0.3, -0.25) is 4.90 Å². The Morgan fingerprint density at radius 2 is 1.15 bits per heavy atom. The van der Waals surface area contributed by atoms with Gasteiger partial charge in [0.25, 0.3) is 0 Å². The number of nitrogens with zero attached hydrogens (tertiary/aromatic N) is 1. The molecule has 1 atom stereocenters. The second-order valence-corrected chi connectivity index (χ2v) is 9.60. The average Bonchev–Trinajstić information content (AvgIpc) is 2.76. The zero-order valence-electron chi connectivity index (χ0n) is 15.3. The molecular weight excluding hydrogens is 353 g/mol. The SMILES string of the molecule is O=P(c1ccccc1)(c1ccccc1)C(c1ccccc1)N1CCOCC1. The van der Waals surface area contributed by atoms with Crippen molar-refractivity contribution in [2.45, 2.75) is 5.78 Å². The lowest BCUT2D eigenvalue weighted by Gasteiger charge is -2.39. The molecule has 1 fully saturated rings. The zero-order chi connectivity index (χ0) is 18.5. The molecule has 3 nitrogen and oxygen atoms in total. The predicted molar refractivity (Wildman–Crippen MR) is 111 cm³/mol. The van der Waals surface area contributed by atoms with Gasteiger partial charge in [-0.05, 0) is 5.56 Å². The molecule has 1 aliphatic rings. The lowest BCUT2D eigenvalue weighted by Crippen LogP contribution is -2.41. The van der Waals surface area contributed by atoms with Gasteiger partial charge in [-0.15, -0.1) is 0 Å². The third kappa shape index (κ3) is 3.64. The van der Waals surface area contributed by atoms with Crippen LogP contribution in [0.4, 0.5) is 0 Å². The minimum absolute atomic E-state index is 0.201. The van der Waals surface area contributed by atoms with E-state index in [0.29, 0.717) is 13.2 Å². The molecule has 0 bridgehead atoms. The van der Waals surface area contributed by atoms with Crippen LogP contribution in [0.5, 0.6) is 0 Å². The van der Waals surface area contributed by atoms with Crippen LogP contribution in [0.3, 0.4) is 0 Å². The number of hydrogen-bond donors (Lipinski definition) is 0. The summed E-state index contributed by atoms with van der Waals surface area (Å²) in [5, 5.41) is 1.80. The number of rotatable bonds is 5. The molecule has 1 unspecified atom stereocenters. The van der Waals surface area contributed by atoms with Crippen molar-refractivity contribution in [2.75, 3.05) is 26.3 Å². The molecule has 0 spiro atoms. The van der Waals surface area contributed by atoms with Crippen LogP contribution in [-0.2, 0) is 9.30 Å². The average molecular weight is 377 g/mol. The van der Waals surface area contributed by atoms with Crippen molar-refractivity contribution in [1.29, 1.82) is 0 Å². The van der Waals surface area contributed by atoms with Crippen LogP contribution in [0.1, 0.15) is 11.3 Å². The Bertz CT molecular complexity index is 850. The molecule has 138 valence electrons. The van der Waals surface area contributed by atoms with Gasteiger partial charge in [0.15, 0.2) is 7.14 Å². The highest BCUT2D eigenvalue weighted by atomic mass is 31.2. The largest absolute Gasteiger partial charge is 0.379 e. The first-order valence-corrected chi connectivity index (χ1v) is 11.2. The number of ether oxygens (including phenoxy) is 1. The van der Waals surface area contributed by atoms with Gasteiger partial charge < -0.3 is 9.30 Å². The summed E-state index contributed by atoms with van der Waals surface area (Å²) < 4.78 is 20.5. The Kier molecular flexibility index (Phi) is 5.54. The van der Waals surface area contributed by atoms with E-state index in [2.05, 4.69) is 17.0 Å². The van der Waals surface area contributed by atoms with E-state index < -0.39 is 7.14 Å².